The van der Waals surface area contributed by atoms with Gasteiger partial charge in [-0.2, -0.15) is 0 Å². The molecule has 0 atom stereocenters. The number of hydrogen-bond acceptors (Lipinski definition) is 7. The van der Waals surface area contributed by atoms with Gasteiger partial charge in [0, 0.05) is 79.0 Å². The summed E-state index contributed by atoms with van der Waals surface area (Å²) < 4.78 is 67.7. The van der Waals surface area contributed by atoms with Gasteiger partial charge in [-0.25, -0.2) is 22.5 Å². The molecule has 5 heterocycles. The SMILES string of the molecule is O=C(Nc1c(F)cc(F)cc1F)c1cc2c(o1)-c1ccc(F)cc1N(C(=O)c1ccc(NC(=O)c3cccnc3N3CC4(CCOCC4)C3)cc1)CC2. The Morgan fingerprint density at radius 1 is 0.811 bits per heavy atom. The van der Waals surface area contributed by atoms with Gasteiger partial charge in [-0.3, -0.25) is 14.4 Å². The molecule has 0 unspecified atom stereocenters. The number of fused-ring (bicyclic) bond motifs is 3. The summed E-state index contributed by atoms with van der Waals surface area (Å²) in [5.74, 6) is -5.66. The van der Waals surface area contributed by atoms with Crippen molar-refractivity contribution >= 4 is 40.6 Å². The van der Waals surface area contributed by atoms with Gasteiger partial charge in [-0.05, 0) is 79.9 Å². The van der Waals surface area contributed by atoms with Crippen LogP contribution in [0.5, 0.6) is 0 Å². The summed E-state index contributed by atoms with van der Waals surface area (Å²) >= 11 is 0. The lowest BCUT2D eigenvalue weighted by Crippen LogP contribution is -2.59. The molecule has 3 aliphatic heterocycles. The van der Waals surface area contributed by atoms with Crippen molar-refractivity contribution in [1.29, 1.82) is 0 Å². The van der Waals surface area contributed by atoms with E-state index in [1.54, 1.807) is 42.6 Å². The van der Waals surface area contributed by atoms with Gasteiger partial charge in [-0.15, -0.1) is 0 Å². The molecule has 53 heavy (non-hydrogen) atoms. The van der Waals surface area contributed by atoms with Gasteiger partial charge in [0.25, 0.3) is 17.7 Å². The number of nitrogens with zero attached hydrogens (tertiary/aromatic N) is 3. The first-order valence-electron chi connectivity index (χ1n) is 17.0. The number of ether oxygens (including phenoxy) is 1. The van der Waals surface area contributed by atoms with Crippen LogP contribution in [0, 0.1) is 28.7 Å². The predicted octanol–water partition coefficient (Wildman–Crippen LogP) is 7.22. The number of aromatic nitrogens is 1. The molecule has 0 aliphatic carbocycles. The number of benzene rings is 3. The number of nitrogens with one attached hydrogen (secondary N) is 2. The Balaban J connectivity index is 0.983. The third-order valence-corrected chi connectivity index (χ3v) is 9.95. The highest BCUT2D eigenvalue weighted by Gasteiger charge is 2.45. The number of pyridine rings is 1. The minimum atomic E-state index is -1.30. The van der Waals surface area contributed by atoms with E-state index >= 15 is 0 Å². The lowest BCUT2D eigenvalue weighted by Gasteiger charge is -2.53. The van der Waals surface area contributed by atoms with E-state index in [2.05, 4.69) is 20.5 Å². The largest absolute Gasteiger partial charge is 0.451 e. The maximum Gasteiger partial charge on any atom is 0.291 e. The summed E-state index contributed by atoms with van der Waals surface area (Å²) in [6.07, 6.45) is 3.81. The molecule has 10 nitrogen and oxygen atoms in total. The fourth-order valence-electron chi connectivity index (χ4n) is 7.19. The van der Waals surface area contributed by atoms with Gasteiger partial charge in [0.15, 0.2) is 17.4 Å². The molecule has 0 saturated carbocycles. The average molecular weight is 726 g/mol. The van der Waals surface area contributed by atoms with Gasteiger partial charge in [0.05, 0.1) is 11.3 Å². The molecule has 2 N–H and O–H groups in total. The summed E-state index contributed by atoms with van der Waals surface area (Å²) in [6, 6.07) is 15.8. The van der Waals surface area contributed by atoms with Crippen LogP contribution in [0.4, 0.5) is 40.4 Å². The van der Waals surface area contributed by atoms with Crippen LogP contribution in [-0.4, -0.2) is 55.6 Å². The second kappa shape index (κ2) is 13.5. The Hall–Kier alpha value is -6.02. The molecule has 8 rings (SSSR count). The molecule has 3 amide bonds. The monoisotopic (exact) mass is 725 g/mol. The normalized spacial score (nSPS) is 15.9. The number of carbonyl (C=O) groups excluding carboxylic acids is 3. The van der Waals surface area contributed by atoms with Gasteiger partial charge in [-0.1, -0.05) is 0 Å². The van der Waals surface area contributed by atoms with E-state index in [0.717, 1.165) is 39.1 Å². The molecule has 3 aliphatic rings. The van der Waals surface area contributed by atoms with Crippen molar-refractivity contribution in [2.75, 3.05) is 53.3 Å². The first-order chi connectivity index (χ1) is 25.6. The van der Waals surface area contributed by atoms with Gasteiger partial charge < -0.3 is 29.6 Å². The van der Waals surface area contributed by atoms with Crippen molar-refractivity contribution in [2.45, 2.75) is 19.3 Å². The fraction of sp³-hybridized carbons (Fsp3) is 0.231. The van der Waals surface area contributed by atoms with Crippen LogP contribution < -0.4 is 20.4 Å². The first-order valence-corrected chi connectivity index (χ1v) is 17.0. The van der Waals surface area contributed by atoms with E-state index < -0.39 is 40.8 Å². The molecule has 2 fully saturated rings. The standard InChI is InChI=1S/C39H31F4N5O5/c40-24-5-8-27-31(19-24)48(13-9-23-16-32(53-34(23)27)37(50)46-33-29(42)17-25(41)18-30(33)43)38(51)22-3-6-26(7-4-22)45-36(49)28-2-1-12-44-35(28)47-20-39(21-47)10-14-52-15-11-39/h1-8,12,16-19H,9-11,13-15,20-21H2,(H,45,49)(H,46,50). The van der Waals surface area contributed by atoms with Crippen molar-refractivity contribution in [3.8, 4) is 11.3 Å². The Bertz CT molecular complexity index is 2240. The van der Waals surface area contributed by atoms with Crippen LogP contribution >= 0.6 is 0 Å². The third kappa shape index (κ3) is 6.50. The van der Waals surface area contributed by atoms with Crippen molar-refractivity contribution in [2.24, 2.45) is 5.41 Å². The van der Waals surface area contributed by atoms with Crippen LogP contribution in [0.1, 0.15) is 49.7 Å². The third-order valence-electron chi connectivity index (χ3n) is 9.95. The molecule has 0 bridgehead atoms. The number of hydrogen-bond donors (Lipinski definition) is 2. The average Bonchev–Trinajstić information content (AvgIpc) is 3.50. The van der Waals surface area contributed by atoms with Crippen molar-refractivity contribution in [3.63, 3.8) is 0 Å². The number of halogens is 4. The Morgan fingerprint density at radius 2 is 1.55 bits per heavy atom. The van der Waals surface area contributed by atoms with E-state index in [9.17, 15) is 31.9 Å². The van der Waals surface area contributed by atoms with Crippen LogP contribution in [-0.2, 0) is 11.2 Å². The molecular weight excluding hydrogens is 694 g/mol. The minimum Gasteiger partial charge on any atom is -0.451 e. The highest BCUT2D eigenvalue weighted by atomic mass is 19.1. The summed E-state index contributed by atoms with van der Waals surface area (Å²) in [4.78, 5) is 48.3. The molecule has 3 aromatic carbocycles. The van der Waals surface area contributed by atoms with Gasteiger partial charge in [0.1, 0.15) is 28.9 Å². The summed E-state index contributed by atoms with van der Waals surface area (Å²) in [5, 5.41) is 4.96. The Labute approximate surface area is 300 Å². The zero-order valence-corrected chi connectivity index (χ0v) is 28.1. The number of furan rings is 1. The van der Waals surface area contributed by atoms with Crippen molar-refractivity contribution < 1.29 is 41.1 Å². The van der Waals surface area contributed by atoms with Crippen molar-refractivity contribution in [3.05, 3.63) is 125 Å². The van der Waals surface area contributed by atoms with Crippen LogP contribution in [0.3, 0.4) is 0 Å². The molecule has 5 aromatic rings. The van der Waals surface area contributed by atoms with Crippen LogP contribution in [0.2, 0.25) is 0 Å². The zero-order valence-electron chi connectivity index (χ0n) is 28.1. The summed E-state index contributed by atoms with van der Waals surface area (Å²) in [5.41, 5.74) is 1.50. The summed E-state index contributed by atoms with van der Waals surface area (Å²) in [6.45, 7) is 3.17. The number of carbonyl (C=O) groups is 3. The molecule has 2 saturated heterocycles. The van der Waals surface area contributed by atoms with E-state index in [1.165, 1.54) is 29.2 Å². The second-order valence-corrected chi connectivity index (χ2v) is 13.4. The van der Waals surface area contributed by atoms with E-state index in [-0.39, 0.29) is 47.1 Å². The number of rotatable bonds is 6. The minimum absolute atomic E-state index is 0.0666. The molecule has 2 aromatic heterocycles. The molecule has 14 heteroatoms. The number of amides is 3. The fourth-order valence-corrected chi connectivity index (χ4v) is 7.19. The lowest BCUT2D eigenvalue weighted by molar-refractivity contribution is -0.000510. The first kappa shape index (κ1) is 34.1. The smallest absolute Gasteiger partial charge is 0.291 e. The quantitative estimate of drug-likeness (QED) is 0.178. The second-order valence-electron chi connectivity index (χ2n) is 13.4. The van der Waals surface area contributed by atoms with Gasteiger partial charge in [0.2, 0.25) is 0 Å². The van der Waals surface area contributed by atoms with Gasteiger partial charge >= 0.3 is 0 Å². The highest BCUT2D eigenvalue weighted by Crippen LogP contribution is 2.43. The lowest BCUT2D eigenvalue weighted by atomic mass is 9.73. The molecule has 0 radical (unpaired) electrons. The van der Waals surface area contributed by atoms with Crippen molar-refractivity contribution in [1.82, 2.24) is 4.98 Å². The highest BCUT2D eigenvalue weighted by molar-refractivity contribution is 6.10. The Kier molecular flexibility index (Phi) is 8.69. The summed E-state index contributed by atoms with van der Waals surface area (Å²) in [7, 11) is 0. The molecule has 270 valence electrons. The van der Waals surface area contributed by atoms with E-state index in [4.69, 9.17) is 9.15 Å². The maximum atomic E-state index is 14.7. The van der Waals surface area contributed by atoms with E-state index in [1.807, 2.05) is 0 Å². The van der Waals surface area contributed by atoms with Crippen LogP contribution in [0.25, 0.3) is 11.3 Å². The van der Waals surface area contributed by atoms with E-state index in [0.29, 0.717) is 40.3 Å². The maximum absolute atomic E-state index is 14.7. The topological polar surface area (TPSA) is 117 Å². The molecule has 1 spiro atoms. The molecular formula is C39H31F4N5O5. The predicted molar refractivity (Wildman–Crippen MR) is 187 cm³/mol. The zero-order chi connectivity index (χ0) is 36.9. The van der Waals surface area contributed by atoms with Crippen LogP contribution in [0.15, 0.2) is 83.4 Å². The Morgan fingerprint density at radius 3 is 2.28 bits per heavy atom. The number of anilines is 4.